The summed E-state index contributed by atoms with van der Waals surface area (Å²) < 4.78 is 1.76. The molecule has 1 heterocycles. The Balaban J connectivity index is 2.14. The Labute approximate surface area is 119 Å². The van der Waals surface area contributed by atoms with Gasteiger partial charge in [0, 0.05) is 30.9 Å². The van der Waals surface area contributed by atoms with E-state index >= 15 is 0 Å². The molecule has 1 fully saturated rings. The molecular weight excluding hydrogens is 256 g/mol. The lowest BCUT2D eigenvalue weighted by molar-refractivity contribution is 0.178. The number of rotatable bonds is 5. The molecule has 0 amide bonds. The van der Waals surface area contributed by atoms with Crippen molar-refractivity contribution in [2.75, 3.05) is 13.7 Å². The van der Waals surface area contributed by atoms with E-state index in [-0.39, 0.29) is 17.8 Å². The van der Waals surface area contributed by atoms with Gasteiger partial charge in [-0.2, -0.15) is 0 Å². The molecule has 1 aromatic rings. The molecule has 5 nitrogen and oxygen atoms in total. The van der Waals surface area contributed by atoms with Gasteiger partial charge in [-0.05, 0) is 19.9 Å². The van der Waals surface area contributed by atoms with Crippen LogP contribution in [0.4, 0.5) is 0 Å². The predicted molar refractivity (Wildman–Crippen MR) is 77.8 cm³/mol. The number of hydrogen-bond acceptors (Lipinski definition) is 4. The Kier molecular flexibility index (Phi) is 5.20. The Morgan fingerprint density at radius 1 is 1.35 bits per heavy atom. The number of aromatic hydroxyl groups is 1. The molecular formula is C15H24N2O3. The van der Waals surface area contributed by atoms with Gasteiger partial charge in [0.2, 0.25) is 5.43 Å². The fourth-order valence-corrected chi connectivity index (χ4v) is 2.96. The molecule has 5 heteroatoms. The number of hydrogen-bond donors (Lipinski definition) is 2. The quantitative estimate of drug-likeness (QED) is 0.853. The average molecular weight is 280 g/mol. The minimum Gasteiger partial charge on any atom is -0.503 e. The summed E-state index contributed by atoms with van der Waals surface area (Å²) in [6, 6.07) is 2.04. The van der Waals surface area contributed by atoms with Crippen molar-refractivity contribution in [1.29, 1.82) is 0 Å². The van der Waals surface area contributed by atoms with E-state index in [2.05, 4.69) is 11.9 Å². The van der Waals surface area contributed by atoms with Crippen molar-refractivity contribution in [3.63, 3.8) is 0 Å². The van der Waals surface area contributed by atoms with Crippen LogP contribution in [-0.4, -0.2) is 39.4 Å². The lowest BCUT2D eigenvalue weighted by Gasteiger charge is -2.31. The molecule has 1 saturated carbocycles. The lowest BCUT2D eigenvalue weighted by atomic mass is 9.94. The first-order chi connectivity index (χ1) is 9.61. The predicted octanol–water partition coefficient (Wildman–Crippen LogP) is 1.31. The van der Waals surface area contributed by atoms with E-state index in [9.17, 15) is 9.90 Å². The van der Waals surface area contributed by atoms with Crippen LogP contribution in [-0.2, 0) is 13.1 Å². The highest BCUT2D eigenvalue weighted by Crippen LogP contribution is 2.22. The number of aliphatic hydroxyl groups excluding tert-OH is 1. The summed E-state index contributed by atoms with van der Waals surface area (Å²) >= 11 is 0. The maximum absolute atomic E-state index is 11.6. The zero-order valence-corrected chi connectivity index (χ0v) is 12.1. The Morgan fingerprint density at radius 2 is 2.05 bits per heavy atom. The van der Waals surface area contributed by atoms with Gasteiger partial charge in [-0.3, -0.25) is 9.69 Å². The van der Waals surface area contributed by atoms with Crippen LogP contribution in [0.5, 0.6) is 5.75 Å². The molecule has 1 aliphatic rings. The maximum atomic E-state index is 11.6. The van der Waals surface area contributed by atoms with E-state index in [1.165, 1.54) is 44.4 Å². The summed E-state index contributed by atoms with van der Waals surface area (Å²) in [5, 5.41) is 18.6. The van der Waals surface area contributed by atoms with Gasteiger partial charge in [-0.25, -0.2) is 0 Å². The topological polar surface area (TPSA) is 65.7 Å². The summed E-state index contributed by atoms with van der Waals surface area (Å²) in [4.78, 5) is 13.9. The molecule has 0 saturated heterocycles. The third-order valence-electron chi connectivity index (χ3n) is 4.15. The lowest BCUT2D eigenvalue weighted by Crippen LogP contribution is -2.34. The monoisotopic (exact) mass is 280 g/mol. The number of aliphatic hydroxyl groups is 1. The fourth-order valence-electron chi connectivity index (χ4n) is 2.96. The largest absolute Gasteiger partial charge is 0.503 e. The van der Waals surface area contributed by atoms with Crippen molar-refractivity contribution in [1.82, 2.24) is 9.47 Å². The summed E-state index contributed by atoms with van der Waals surface area (Å²) in [7, 11) is 2.08. The highest BCUT2D eigenvalue weighted by atomic mass is 16.3. The van der Waals surface area contributed by atoms with E-state index in [1.54, 1.807) is 4.57 Å². The minimum atomic E-state index is -0.355. The zero-order valence-electron chi connectivity index (χ0n) is 12.1. The molecule has 0 aliphatic heterocycles. The summed E-state index contributed by atoms with van der Waals surface area (Å²) in [5.74, 6) is -0.262. The molecule has 0 atom stereocenters. The molecule has 0 bridgehead atoms. The standard InChI is InChI=1S/C15H24N2O3/c1-16(12-5-3-2-4-6-12)10-13-9-14(19)15(20)11-17(13)7-8-18/h9,11-12,18,20H,2-8,10H2,1H3. The third-order valence-corrected chi connectivity index (χ3v) is 4.15. The minimum absolute atomic E-state index is 0.0115. The molecule has 1 aliphatic carbocycles. The second-order valence-electron chi connectivity index (χ2n) is 5.64. The second-order valence-corrected chi connectivity index (χ2v) is 5.64. The summed E-state index contributed by atoms with van der Waals surface area (Å²) in [6.45, 7) is 1.05. The number of aromatic nitrogens is 1. The van der Waals surface area contributed by atoms with Crippen LogP contribution in [0.3, 0.4) is 0 Å². The number of nitrogens with zero attached hydrogens (tertiary/aromatic N) is 2. The first-order valence-electron chi connectivity index (χ1n) is 7.35. The van der Waals surface area contributed by atoms with Crippen LogP contribution in [0.2, 0.25) is 0 Å². The smallest absolute Gasteiger partial charge is 0.223 e. The Hall–Kier alpha value is -1.33. The molecule has 0 spiro atoms. The fraction of sp³-hybridized carbons (Fsp3) is 0.667. The Morgan fingerprint density at radius 3 is 2.70 bits per heavy atom. The van der Waals surface area contributed by atoms with E-state index in [1.807, 2.05) is 0 Å². The van der Waals surface area contributed by atoms with Crippen LogP contribution in [0, 0.1) is 0 Å². The summed E-state index contributed by atoms with van der Waals surface area (Å²) in [5.41, 5.74) is 0.487. The Bertz CT molecular complexity index is 492. The van der Waals surface area contributed by atoms with Gasteiger partial charge in [0.25, 0.3) is 0 Å². The van der Waals surface area contributed by atoms with Crippen LogP contribution in [0.1, 0.15) is 37.8 Å². The molecule has 112 valence electrons. The van der Waals surface area contributed by atoms with Crippen molar-refractivity contribution in [2.24, 2.45) is 0 Å². The van der Waals surface area contributed by atoms with Gasteiger partial charge in [-0.15, -0.1) is 0 Å². The molecule has 1 aromatic heterocycles. The van der Waals surface area contributed by atoms with Gasteiger partial charge in [-0.1, -0.05) is 19.3 Å². The SMILES string of the molecule is CN(Cc1cc(=O)c(O)cn1CCO)C1CCCCC1. The van der Waals surface area contributed by atoms with Gasteiger partial charge in [0.15, 0.2) is 5.75 Å². The van der Waals surface area contributed by atoms with Crippen molar-refractivity contribution >= 4 is 0 Å². The van der Waals surface area contributed by atoms with Crippen LogP contribution >= 0.6 is 0 Å². The van der Waals surface area contributed by atoms with Crippen molar-refractivity contribution < 1.29 is 10.2 Å². The first kappa shape index (κ1) is 15.1. The van der Waals surface area contributed by atoms with Crippen molar-refractivity contribution in [3.8, 4) is 5.75 Å². The zero-order chi connectivity index (χ0) is 14.5. The first-order valence-corrected chi connectivity index (χ1v) is 7.35. The molecule has 20 heavy (non-hydrogen) atoms. The maximum Gasteiger partial charge on any atom is 0.223 e. The van der Waals surface area contributed by atoms with Gasteiger partial charge >= 0.3 is 0 Å². The van der Waals surface area contributed by atoms with E-state index in [0.717, 1.165) is 5.69 Å². The third kappa shape index (κ3) is 3.61. The van der Waals surface area contributed by atoms with E-state index in [0.29, 0.717) is 19.1 Å². The average Bonchev–Trinajstić information content (AvgIpc) is 2.45. The second kappa shape index (κ2) is 6.90. The van der Waals surface area contributed by atoms with Gasteiger partial charge < -0.3 is 14.8 Å². The van der Waals surface area contributed by atoms with Crippen LogP contribution < -0.4 is 5.43 Å². The van der Waals surface area contributed by atoms with Gasteiger partial charge in [0.1, 0.15) is 0 Å². The molecule has 2 rings (SSSR count). The highest BCUT2D eigenvalue weighted by Gasteiger charge is 2.19. The molecule has 0 unspecified atom stereocenters. The van der Waals surface area contributed by atoms with Crippen LogP contribution in [0.15, 0.2) is 17.1 Å². The highest BCUT2D eigenvalue weighted by molar-refractivity contribution is 5.20. The van der Waals surface area contributed by atoms with Gasteiger partial charge in [0.05, 0.1) is 12.8 Å². The normalized spacial score (nSPS) is 16.8. The van der Waals surface area contributed by atoms with Crippen LogP contribution in [0.25, 0.3) is 0 Å². The van der Waals surface area contributed by atoms with Crippen molar-refractivity contribution in [2.45, 2.75) is 51.2 Å². The molecule has 2 N–H and O–H groups in total. The van der Waals surface area contributed by atoms with Crippen molar-refractivity contribution in [3.05, 3.63) is 28.2 Å². The summed E-state index contributed by atoms with van der Waals surface area (Å²) in [6.07, 6.45) is 7.70. The molecule has 0 aromatic carbocycles. The number of pyridine rings is 1. The molecule has 0 radical (unpaired) electrons. The van der Waals surface area contributed by atoms with E-state index in [4.69, 9.17) is 5.11 Å². The van der Waals surface area contributed by atoms with E-state index < -0.39 is 0 Å².